The van der Waals surface area contributed by atoms with Crippen LogP contribution in [-0.4, -0.2) is 17.4 Å². The first-order valence-corrected chi connectivity index (χ1v) is 9.23. The molecule has 0 radical (unpaired) electrons. The van der Waals surface area contributed by atoms with E-state index in [1.807, 2.05) is 6.92 Å². The predicted octanol–water partition coefficient (Wildman–Crippen LogP) is 5.25. The Bertz CT molecular complexity index is 998. The number of nitrogens with zero attached hydrogens (tertiary/aromatic N) is 1. The molecular formula is C20H16F4N2OS. The Kier molecular flexibility index (Phi) is 5.79. The molecule has 2 aromatic carbocycles. The molecule has 0 aliphatic carbocycles. The zero-order valence-electron chi connectivity index (χ0n) is 14.8. The zero-order chi connectivity index (χ0) is 20.3. The quantitative estimate of drug-likeness (QED) is 0.586. The second-order valence-electron chi connectivity index (χ2n) is 6.12. The van der Waals surface area contributed by atoms with Gasteiger partial charge in [0.15, 0.2) is 0 Å². The van der Waals surface area contributed by atoms with Gasteiger partial charge in [-0.3, -0.25) is 4.79 Å². The molecule has 0 spiro atoms. The van der Waals surface area contributed by atoms with Crippen LogP contribution in [0.25, 0.3) is 10.6 Å². The summed E-state index contributed by atoms with van der Waals surface area (Å²) in [4.78, 5) is 17.5. The van der Waals surface area contributed by atoms with Gasteiger partial charge in [-0.1, -0.05) is 18.2 Å². The van der Waals surface area contributed by atoms with E-state index in [0.717, 1.165) is 22.7 Å². The first kappa shape index (κ1) is 20.0. The summed E-state index contributed by atoms with van der Waals surface area (Å²) in [5, 5.41) is 3.30. The number of rotatable bonds is 5. The van der Waals surface area contributed by atoms with Crippen LogP contribution in [0.3, 0.4) is 0 Å². The summed E-state index contributed by atoms with van der Waals surface area (Å²) in [6, 6.07) is 10.4. The van der Waals surface area contributed by atoms with Gasteiger partial charge in [-0.15, -0.1) is 11.3 Å². The Morgan fingerprint density at radius 2 is 1.89 bits per heavy atom. The average molecular weight is 408 g/mol. The lowest BCUT2D eigenvalue weighted by molar-refractivity contribution is -0.137. The minimum absolute atomic E-state index is 0.0451. The fraction of sp³-hybridized carbons (Fsp3) is 0.200. The number of halogens is 4. The third kappa shape index (κ3) is 4.75. The molecule has 0 fully saturated rings. The third-order valence-electron chi connectivity index (χ3n) is 4.05. The second kappa shape index (κ2) is 8.10. The molecule has 1 heterocycles. The summed E-state index contributed by atoms with van der Waals surface area (Å²) in [7, 11) is 0. The Balaban J connectivity index is 1.63. The summed E-state index contributed by atoms with van der Waals surface area (Å²) in [5.41, 5.74) is 0.541. The lowest BCUT2D eigenvalue weighted by Gasteiger charge is -2.09. The van der Waals surface area contributed by atoms with Crippen LogP contribution in [0.5, 0.6) is 0 Å². The Labute approximate surface area is 163 Å². The fourth-order valence-corrected chi connectivity index (χ4v) is 3.69. The predicted molar refractivity (Wildman–Crippen MR) is 99.7 cm³/mol. The number of carbonyl (C=O) groups excluding carboxylic acids is 1. The molecule has 0 aliphatic heterocycles. The van der Waals surface area contributed by atoms with Crippen LogP contribution in [-0.2, 0) is 12.6 Å². The lowest BCUT2D eigenvalue weighted by Crippen LogP contribution is -2.26. The van der Waals surface area contributed by atoms with Crippen molar-refractivity contribution in [3.05, 3.63) is 76.0 Å². The van der Waals surface area contributed by atoms with Crippen molar-refractivity contribution in [2.24, 2.45) is 0 Å². The number of aryl methyl sites for hydroxylation is 1. The number of carbonyl (C=O) groups is 1. The van der Waals surface area contributed by atoms with Gasteiger partial charge in [0.2, 0.25) is 0 Å². The fourth-order valence-electron chi connectivity index (χ4n) is 2.63. The van der Waals surface area contributed by atoms with Gasteiger partial charge in [0.1, 0.15) is 10.8 Å². The number of hydrogen-bond donors (Lipinski definition) is 1. The Morgan fingerprint density at radius 1 is 1.14 bits per heavy atom. The van der Waals surface area contributed by atoms with Crippen LogP contribution in [0.15, 0.2) is 48.5 Å². The van der Waals surface area contributed by atoms with Crippen LogP contribution in [0, 0.1) is 12.7 Å². The summed E-state index contributed by atoms with van der Waals surface area (Å²) >= 11 is 1.40. The van der Waals surface area contributed by atoms with Gasteiger partial charge >= 0.3 is 6.18 Å². The smallest absolute Gasteiger partial charge is 0.352 e. The van der Waals surface area contributed by atoms with Gasteiger partial charge < -0.3 is 5.32 Å². The van der Waals surface area contributed by atoms with Crippen LogP contribution < -0.4 is 5.32 Å². The van der Waals surface area contributed by atoms with E-state index in [2.05, 4.69) is 10.3 Å². The largest absolute Gasteiger partial charge is 0.416 e. The molecule has 3 rings (SSSR count). The van der Waals surface area contributed by atoms with E-state index in [-0.39, 0.29) is 17.9 Å². The molecule has 0 atom stereocenters. The van der Waals surface area contributed by atoms with Crippen molar-refractivity contribution >= 4 is 17.2 Å². The van der Waals surface area contributed by atoms with Crippen LogP contribution in [0.2, 0.25) is 0 Å². The average Bonchev–Trinajstić information content (AvgIpc) is 3.02. The number of amides is 1. The summed E-state index contributed by atoms with van der Waals surface area (Å²) in [6.45, 7) is 2.07. The van der Waals surface area contributed by atoms with Crippen molar-refractivity contribution in [3.8, 4) is 10.6 Å². The van der Waals surface area contributed by atoms with Crippen molar-refractivity contribution in [1.82, 2.24) is 10.3 Å². The van der Waals surface area contributed by atoms with E-state index in [0.29, 0.717) is 17.0 Å². The molecule has 3 aromatic rings. The molecule has 0 saturated heterocycles. The van der Waals surface area contributed by atoms with Crippen molar-refractivity contribution < 1.29 is 22.4 Å². The molecule has 146 valence electrons. The van der Waals surface area contributed by atoms with Crippen LogP contribution in [0.4, 0.5) is 17.6 Å². The van der Waals surface area contributed by atoms with Crippen LogP contribution >= 0.6 is 11.3 Å². The maximum Gasteiger partial charge on any atom is 0.416 e. The van der Waals surface area contributed by atoms with Gasteiger partial charge in [-0.2, -0.15) is 13.2 Å². The summed E-state index contributed by atoms with van der Waals surface area (Å²) < 4.78 is 51.6. The second-order valence-corrected chi connectivity index (χ2v) is 7.21. The molecule has 0 unspecified atom stereocenters. The van der Waals surface area contributed by atoms with Gasteiger partial charge in [-0.05, 0) is 37.3 Å². The molecule has 8 heteroatoms. The lowest BCUT2D eigenvalue weighted by atomic mass is 10.1. The highest BCUT2D eigenvalue weighted by Gasteiger charge is 2.30. The summed E-state index contributed by atoms with van der Waals surface area (Å²) in [5.74, 6) is -0.918. The number of hydrogen-bond acceptors (Lipinski definition) is 3. The number of aromatic nitrogens is 1. The highest BCUT2D eigenvalue weighted by molar-refractivity contribution is 7.15. The van der Waals surface area contributed by atoms with E-state index in [1.165, 1.54) is 35.6 Å². The van der Waals surface area contributed by atoms with Crippen molar-refractivity contribution in [2.45, 2.75) is 19.5 Å². The number of alkyl halides is 3. The Hall–Kier alpha value is -2.74. The first-order valence-electron chi connectivity index (χ1n) is 8.42. The van der Waals surface area contributed by atoms with E-state index >= 15 is 0 Å². The molecule has 0 bridgehead atoms. The van der Waals surface area contributed by atoms with Crippen molar-refractivity contribution in [2.75, 3.05) is 6.54 Å². The maximum atomic E-state index is 13.4. The topological polar surface area (TPSA) is 42.0 Å². The maximum absolute atomic E-state index is 13.4. The summed E-state index contributed by atoms with van der Waals surface area (Å²) in [6.07, 6.45) is -4.02. The molecule has 28 heavy (non-hydrogen) atoms. The Morgan fingerprint density at radius 3 is 2.61 bits per heavy atom. The zero-order valence-corrected chi connectivity index (χ0v) is 15.6. The third-order valence-corrected chi connectivity index (χ3v) is 5.32. The van der Waals surface area contributed by atoms with E-state index in [4.69, 9.17) is 0 Å². The highest BCUT2D eigenvalue weighted by atomic mass is 32.1. The van der Waals surface area contributed by atoms with E-state index in [1.54, 1.807) is 12.1 Å². The highest BCUT2D eigenvalue weighted by Crippen LogP contribution is 2.30. The van der Waals surface area contributed by atoms with Crippen LogP contribution in [0.1, 0.15) is 26.5 Å². The van der Waals surface area contributed by atoms with E-state index in [9.17, 15) is 22.4 Å². The van der Waals surface area contributed by atoms with E-state index < -0.39 is 17.6 Å². The standard InChI is InChI=1S/C20H16F4N2OS/c1-12-17(28-19(26-12)14-5-3-7-16(21)11-14)8-9-25-18(27)13-4-2-6-15(10-13)20(22,23)24/h2-7,10-11H,8-9H2,1H3,(H,25,27). The van der Waals surface area contributed by atoms with Gasteiger partial charge in [0.05, 0.1) is 11.3 Å². The minimum atomic E-state index is -4.50. The number of benzene rings is 2. The number of nitrogens with one attached hydrogen (secondary N) is 1. The van der Waals surface area contributed by atoms with Crippen molar-refractivity contribution in [1.29, 1.82) is 0 Å². The molecular weight excluding hydrogens is 392 g/mol. The molecule has 3 nitrogen and oxygen atoms in total. The SMILES string of the molecule is Cc1nc(-c2cccc(F)c2)sc1CCNC(=O)c1cccc(C(F)(F)F)c1. The molecule has 0 saturated carbocycles. The molecule has 1 amide bonds. The van der Waals surface area contributed by atoms with Gasteiger partial charge in [0.25, 0.3) is 5.91 Å². The number of thiazole rings is 1. The van der Waals surface area contributed by atoms with Gasteiger partial charge in [0, 0.05) is 29.0 Å². The van der Waals surface area contributed by atoms with Gasteiger partial charge in [-0.25, -0.2) is 9.37 Å². The van der Waals surface area contributed by atoms with Crippen molar-refractivity contribution in [3.63, 3.8) is 0 Å². The normalized spacial score (nSPS) is 11.5. The monoisotopic (exact) mass is 408 g/mol. The first-order chi connectivity index (χ1) is 13.2. The molecule has 1 N–H and O–H groups in total. The minimum Gasteiger partial charge on any atom is -0.352 e. The molecule has 1 aromatic heterocycles. The molecule has 0 aliphatic rings.